The summed E-state index contributed by atoms with van der Waals surface area (Å²) in [4.78, 5) is 12.7. The molecule has 0 aliphatic carbocycles. The highest BCUT2D eigenvalue weighted by molar-refractivity contribution is 5.67. The van der Waals surface area contributed by atoms with Crippen LogP contribution >= 0.6 is 0 Å². The summed E-state index contributed by atoms with van der Waals surface area (Å²) in [5.41, 5.74) is -3.77. The molecule has 12 heteroatoms. The summed E-state index contributed by atoms with van der Waals surface area (Å²) in [6.07, 6.45) is -14.4. The first kappa shape index (κ1) is 27.8. The number of carboxylic acid groups (broad SMARTS) is 1. The van der Waals surface area contributed by atoms with Gasteiger partial charge in [0.05, 0.1) is 16.7 Å². The minimum atomic E-state index is -4.95. The lowest BCUT2D eigenvalue weighted by Gasteiger charge is -2.43. The van der Waals surface area contributed by atoms with Gasteiger partial charge in [-0.1, -0.05) is 12.1 Å². The van der Waals surface area contributed by atoms with Gasteiger partial charge in [0.1, 0.15) is 0 Å². The van der Waals surface area contributed by atoms with Crippen LogP contribution in [0.2, 0.25) is 0 Å². The molecule has 1 fully saturated rings. The molecule has 36 heavy (non-hydrogen) atoms. The second-order valence-electron chi connectivity index (χ2n) is 8.84. The molecule has 1 heterocycles. The van der Waals surface area contributed by atoms with Gasteiger partial charge in [-0.2, -0.15) is 39.5 Å². The highest BCUT2D eigenvalue weighted by Gasteiger charge is 2.41. The van der Waals surface area contributed by atoms with Gasteiger partial charge in [0, 0.05) is 18.5 Å². The number of aliphatic carboxylic acids is 1. The third-order valence-corrected chi connectivity index (χ3v) is 6.47. The van der Waals surface area contributed by atoms with Crippen LogP contribution in [0.3, 0.4) is 0 Å². The van der Waals surface area contributed by atoms with Gasteiger partial charge in [0.2, 0.25) is 0 Å². The fourth-order valence-electron chi connectivity index (χ4n) is 4.70. The molecule has 1 N–H and O–H groups in total. The Balaban J connectivity index is 2.06. The Morgan fingerprint density at radius 3 is 1.97 bits per heavy atom. The molecule has 1 saturated heterocycles. The predicted molar refractivity (Wildman–Crippen MR) is 111 cm³/mol. The Labute approximate surface area is 200 Å². The molecule has 3 nitrogen and oxygen atoms in total. The number of hydrogen-bond donors (Lipinski definition) is 1. The van der Waals surface area contributed by atoms with Crippen LogP contribution in [-0.4, -0.2) is 22.5 Å². The standard InChI is InChI=1S/C24H22F9NO2/c1-13(18-12-17(23(28,29)30)6-7-19(18)24(31,32)33)34-9-8-14(11-21(35)36)10-20(34)15-2-4-16(5-3-15)22(25,26)27/h2-7,12-14,20H,8-11H2,1H3,(H,35,36)/t13?,14-,20+/m1/s1. The number of carboxylic acids is 1. The quantitative estimate of drug-likeness (QED) is 0.405. The van der Waals surface area contributed by atoms with E-state index in [0.29, 0.717) is 23.8 Å². The zero-order valence-corrected chi connectivity index (χ0v) is 18.8. The average molecular weight is 527 g/mol. The zero-order valence-electron chi connectivity index (χ0n) is 18.8. The Bertz CT molecular complexity index is 1070. The van der Waals surface area contributed by atoms with E-state index in [4.69, 9.17) is 5.11 Å². The average Bonchev–Trinajstić information content (AvgIpc) is 2.76. The Hall–Kier alpha value is -2.76. The molecule has 1 aliphatic rings. The summed E-state index contributed by atoms with van der Waals surface area (Å²) in [5, 5.41) is 9.16. The first-order valence-electron chi connectivity index (χ1n) is 10.9. The summed E-state index contributed by atoms with van der Waals surface area (Å²) in [6.45, 7) is 1.34. The number of piperidine rings is 1. The maximum Gasteiger partial charge on any atom is 0.416 e. The maximum absolute atomic E-state index is 13.7. The van der Waals surface area contributed by atoms with Crippen molar-refractivity contribution in [3.05, 3.63) is 70.3 Å². The molecule has 1 unspecified atom stereocenters. The SMILES string of the molecule is CC(c1cc(C(F)(F)F)ccc1C(F)(F)F)N1CC[C@@H](CC(=O)O)C[C@H]1c1ccc(C(F)(F)F)cc1. The predicted octanol–water partition coefficient (Wildman–Crippen LogP) is 7.73. The largest absolute Gasteiger partial charge is 0.481 e. The zero-order chi connectivity index (χ0) is 27.1. The van der Waals surface area contributed by atoms with Crippen LogP contribution in [0.5, 0.6) is 0 Å². The first-order valence-corrected chi connectivity index (χ1v) is 10.9. The van der Waals surface area contributed by atoms with E-state index in [2.05, 4.69) is 0 Å². The highest BCUT2D eigenvalue weighted by Crippen LogP contribution is 2.45. The Morgan fingerprint density at radius 1 is 0.917 bits per heavy atom. The number of carbonyl (C=O) groups is 1. The first-order chi connectivity index (χ1) is 16.5. The van der Waals surface area contributed by atoms with Crippen molar-refractivity contribution in [2.24, 2.45) is 5.92 Å². The van der Waals surface area contributed by atoms with Crippen molar-refractivity contribution in [3.63, 3.8) is 0 Å². The van der Waals surface area contributed by atoms with E-state index >= 15 is 0 Å². The highest BCUT2D eigenvalue weighted by atomic mass is 19.4. The van der Waals surface area contributed by atoms with Crippen LogP contribution in [0.15, 0.2) is 42.5 Å². The van der Waals surface area contributed by atoms with Crippen molar-refractivity contribution in [1.82, 2.24) is 4.90 Å². The van der Waals surface area contributed by atoms with Crippen molar-refractivity contribution in [3.8, 4) is 0 Å². The van der Waals surface area contributed by atoms with Crippen LogP contribution in [-0.2, 0) is 23.3 Å². The molecule has 3 atom stereocenters. The van der Waals surface area contributed by atoms with Gasteiger partial charge in [-0.15, -0.1) is 0 Å². The van der Waals surface area contributed by atoms with Crippen LogP contribution in [0.25, 0.3) is 0 Å². The van der Waals surface area contributed by atoms with E-state index in [9.17, 15) is 44.3 Å². The van der Waals surface area contributed by atoms with Crippen LogP contribution < -0.4 is 0 Å². The molecule has 0 saturated carbocycles. The Morgan fingerprint density at radius 2 is 1.47 bits per heavy atom. The summed E-state index contributed by atoms with van der Waals surface area (Å²) in [5.74, 6) is -1.52. The van der Waals surface area contributed by atoms with E-state index in [1.54, 1.807) is 0 Å². The lowest BCUT2D eigenvalue weighted by Crippen LogP contribution is -2.39. The molecular formula is C24H22F9NO2. The Kier molecular flexibility index (Phi) is 7.69. The van der Waals surface area contributed by atoms with Gasteiger partial charge in [0.15, 0.2) is 0 Å². The fraction of sp³-hybridized carbons (Fsp3) is 0.458. The van der Waals surface area contributed by atoms with Crippen LogP contribution in [0, 0.1) is 5.92 Å². The molecule has 0 aromatic heterocycles. The van der Waals surface area contributed by atoms with Gasteiger partial charge in [0.25, 0.3) is 0 Å². The molecule has 0 radical (unpaired) electrons. The maximum atomic E-state index is 13.7. The summed E-state index contributed by atoms with van der Waals surface area (Å²) < 4.78 is 120. The number of hydrogen-bond acceptors (Lipinski definition) is 2. The number of rotatable bonds is 5. The monoisotopic (exact) mass is 527 g/mol. The van der Waals surface area contributed by atoms with Crippen LogP contribution in [0.4, 0.5) is 39.5 Å². The van der Waals surface area contributed by atoms with Gasteiger partial charge < -0.3 is 5.11 Å². The van der Waals surface area contributed by atoms with Gasteiger partial charge in [-0.05, 0) is 73.7 Å². The fourth-order valence-corrected chi connectivity index (χ4v) is 4.70. The molecule has 2 aromatic rings. The number of nitrogens with zero attached hydrogens (tertiary/aromatic N) is 1. The second kappa shape index (κ2) is 9.95. The summed E-state index contributed by atoms with van der Waals surface area (Å²) in [6, 6.07) is 3.10. The van der Waals surface area contributed by atoms with Gasteiger partial charge >= 0.3 is 24.5 Å². The molecule has 0 bridgehead atoms. The van der Waals surface area contributed by atoms with E-state index in [0.717, 1.165) is 24.3 Å². The van der Waals surface area contributed by atoms with E-state index in [-0.39, 0.29) is 25.8 Å². The third kappa shape index (κ3) is 6.32. The lowest BCUT2D eigenvalue weighted by atomic mass is 9.83. The van der Waals surface area contributed by atoms with Crippen molar-refractivity contribution >= 4 is 5.97 Å². The molecular weight excluding hydrogens is 505 g/mol. The second-order valence-corrected chi connectivity index (χ2v) is 8.84. The number of halogens is 9. The molecule has 3 rings (SSSR count). The summed E-state index contributed by atoms with van der Waals surface area (Å²) in [7, 11) is 0. The van der Waals surface area contributed by atoms with Crippen molar-refractivity contribution in [1.29, 1.82) is 0 Å². The van der Waals surface area contributed by atoms with E-state index in [1.807, 2.05) is 0 Å². The molecule has 0 spiro atoms. The van der Waals surface area contributed by atoms with E-state index < -0.39 is 64.8 Å². The third-order valence-electron chi connectivity index (χ3n) is 6.47. The minimum absolute atomic E-state index is 0.0400. The van der Waals surface area contributed by atoms with Gasteiger partial charge in [-0.25, -0.2) is 0 Å². The normalized spacial score (nSPS) is 20.8. The van der Waals surface area contributed by atoms with Crippen LogP contribution in [0.1, 0.15) is 66.1 Å². The number of benzene rings is 2. The van der Waals surface area contributed by atoms with Gasteiger partial charge in [-0.3, -0.25) is 9.69 Å². The van der Waals surface area contributed by atoms with Crippen molar-refractivity contribution in [2.45, 2.75) is 56.8 Å². The molecule has 0 amide bonds. The number of likely N-dealkylation sites (tertiary alicyclic amines) is 1. The lowest BCUT2D eigenvalue weighted by molar-refractivity contribution is -0.142. The molecule has 198 valence electrons. The van der Waals surface area contributed by atoms with Crippen molar-refractivity contribution < 1.29 is 49.4 Å². The topological polar surface area (TPSA) is 40.5 Å². The molecule has 2 aromatic carbocycles. The smallest absolute Gasteiger partial charge is 0.416 e. The minimum Gasteiger partial charge on any atom is -0.481 e. The molecule has 1 aliphatic heterocycles. The number of alkyl halides is 9. The summed E-state index contributed by atoms with van der Waals surface area (Å²) >= 11 is 0. The van der Waals surface area contributed by atoms with E-state index in [1.165, 1.54) is 11.8 Å². The van der Waals surface area contributed by atoms with Crippen molar-refractivity contribution in [2.75, 3.05) is 6.54 Å².